The summed E-state index contributed by atoms with van der Waals surface area (Å²) in [6.07, 6.45) is 2.01. The molecular weight excluding hydrogens is 248 g/mol. The minimum absolute atomic E-state index is 0.0464. The minimum Gasteiger partial charge on any atom is -0.326 e. The number of rotatable bonds is 6. The molecule has 1 aromatic carbocycles. The molecule has 0 aliphatic heterocycles. The predicted molar refractivity (Wildman–Crippen MR) is 72.3 cm³/mol. The molecule has 2 unspecified atom stereocenters. The lowest BCUT2D eigenvalue weighted by molar-refractivity contribution is 0.575. The maximum Gasteiger partial charge on any atom is 0.216 e. The average molecular weight is 268 g/mol. The van der Waals surface area contributed by atoms with Crippen LogP contribution in [-0.4, -0.2) is 14.5 Å². The van der Waals surface area contributed by atoms with Gasteiger partial charge in [0.1, 0.15) is 0 Å². The first-order valence-corrected chi connectivity index (χ1v) is 7.97. The topological polar surface area (TPSA) is 72.2 Å². The van der Waals surface area contributed by atoms with E-state index in [-0.39, 0.29) is 11.8 Å². The Morgan fingerprint density at radius 1 is 1.28 bits per heavy atom. The zero-order valence-corrected chi connectivity index (χ0v) is 11.4. The van der Waals surface area contributed by atoms with E-state index in [1.165, 1.54) is 0 Å². The Balaban J connectivity index is 1.94. The molecule has 4 nitrogen and oxygen atoms in total. The molecule has 1 fully saturated rings. The Kier molecular flexibility index (Phi) is 4.04. The summed E-state index contributed by atoms with van der Waals surface area (Å²) >= 11 is 0. The van der Waals surface area contributed by atoms with Crippen LogP contribution in [0.2, 0.25) is 0 Å². The normalized spacial score (nSPS) is 23.0. The van der Waals surface area contributed by atoms with Crippen molar-refractivity contribution in [2.45, 2.75) is 38.1 Å². The van der Waals surface area contributed by atoms with Crippen molar-refractivity contribution in [1.82, 2.24) is 4.72 Å². The van der Waals surface area contributed by atoms with Gasteiger partial charge in [0.15, 0.2) is 0 Å². The molecule has 0 bridgehead atoms. The van der Waals surface area contributed by atoms with Crippen molar-refractivity contribution in [1.29, 1.82) is 0 Å². The van der Waals surface area contributed by atoms with Gasteiger partial charge in [0.25, 0.3) is 0 Å². The highest BCUT2D eigenvalue weighted by Crippen LogP contribution is 2.33. The summed E-state index contributed by atoms with van der Waals surface area (Å²) < 4.78 is 26.6. The van der Waals surface area contributed by atoms with Crippen molar-refractivity contribution < 1.29 is 8.42 Å². The maximum absolute atomic E-state index is 11.9. The molecule has 0 aromatic heterocycles. The van der Waals surface area contributed by atoms with Gasteiger partial charge in [-0.2, -0.15) is 0 Å². The second-order valence-corrected chi connectivity index (χ2v) is 6.66. The number of hydrogen-bond acceptors (Lipinski definition) is 3. The molecule has 5 heteroatoms. The van der Waals surface area contributed by atoms with Crippen LogP contribution in [0.3, 0.4) is 0 Å². The van der Waals surface area contributed by atoms with Crippen molar-refractivity contribution in [2.24, 2.45) is 11.7 Å². The van der Waals surface area contributed by atoms with E-state index < -0.39 is 10.0 Å². The molecule has 1 aromatic rings. The summed E-state index contributed by atoms with van der Waals surface area (Å²) in [6, 6.07) is 7.55. The molecule has 3 N–H and O–H groups in total. The lowest BCUT2D eigenvalue weighted by Crippen LogP contribution is -2.28. The van der Waals surface area contributed by atoms with Gasteiger partial charge in [-0.3, -0.25) is 0 Å². The van der Waals surface area contributed by atoms with Crippen molar-refractivity contribution in [3.63, 3.8) is 0 Å². The molecule has 2 atom stereocenters. The van der Waals surface area contributed by atoms with Crippen LogP contribution < -0.4 is 10.5 Å². The lowest BCUT2D eigenvalue weighted by Gasteiger charge is -2.06. The third-order valence-electron chi connectivity index (χ3n) is 3.39. The number of nitrogens with two attached hydrogens (primary N) is 1. The van der Waals surface area contributed by atoms with Gasteiger partial charge in [0.05, 0.1) is 5.75 Å². The molecular formula is C13H20N2O2S. The Morgan fingerprint density at radius 2 is 1.89 bits per heavy atom. The van der Waals surface area contributed by atoms with Gasteiger partial charge in [-0.15, -0.1) is 0 Å². The number of sulfonamides is 1. The van der Waals surface area contributed by atoms with Gasteiger partial charge < -0.3 is 5.73 Å². The molecule has 1 aliphatic rings. The summed E-state index contributed by atoms with van der Waals surface area (Å²) in [5, 5.41) is 0. The predicted octanol–water partition coefficient (Wildman–Crippen LogP) is 1.36. The van der Waals surface area contributed by atoms with Crippen LogP contribution in [0.1, 0.15) is 30.9 Å². The zero-order valence-electron chi connectivity index (χ0n) is 10.6. The van der Waals surface area contributed by atoms with Crippen molar-refractivity contribution in [2.75, 3.05) is 0 Å². The van der Waals surface area contributed by atoms with E-state index in [0.717, 1.165) is 24.0 Å². The van der Waals surface area contributed by atoms with Crippen LogP contribution in [0.25, 0.3) is 0 Å². The quantitative estimate of drug-likeness (QED) is 0.818. The first-order valence-electron chi connectivity index (χ1n) is 6.32. The van der Waals surface area contributed by atoms with Crippen molar-refractivity contribution in [3.05, 3.63) is 35.4 Å². The molecule has 1 aliphatic carbocycles. The van der Waals surface area contributed by atoms with Crippen LogP contribution in [0.5, 0.6) is 0 Å². The highest BCUT2D eigenvalue weighted by atomic mass is 32.2. The summed E-state index contributed by atoms with van der Waals surface area (Å²) in [6.45, 7) is 2.57. The molecule has 0 spiro atoms. The third kappa shape index (κ3) is 3.54. The number of nitrogens with one attached hydrogen (secondary N) is 1. The number of hydrogen-bond donors (Lipinski definition) is 2. The van der Waals surface area contributed by atoms with Gasteiger partial charge in [-0.25, -0.2) is 13.1 Å². The van der Waals surface area contributed by atoms with E-state index in [2.05, 4.69) is 11.6 Å². The Bertz CT molecular complexity index is 496. The summed E-state index contributed by atoms with van der Waals surface area (Å²) in [5.74, 6) is 0.574. The standard InChI is InChI=1S/C13H20N2O2S/c1-2-12-7-13(12)15-18(16,17)9-11-5-3-10(8-14)4-6-11/h3-6,12-13,15H,2,7-9,14H2,1H3. The van der Waals surface area contributed by atoms with Crippen LogP contribution in [-0.2, 0) is 22.3 Å². The van der Waals surface area contributed by atoms with Crippen LogP contribution in [0.15, 0.2) is 24.3 Å². The summed E-state index contributed by atoms with van der Waals surface area (Å²) in [7, 11) is -3.22. The van der Waals surface area contributed by atoms with Gasteiger partial charge in [-0.05, 0) is 23.5 Å². The van der Waals surface area contributed by atoms with E-state index in [0.29, 0.717) is 12.5 Å². The molecule has 100 valence electrons. The molecule has 0 radical (unpaired) electrons. The highest BCUT2D eigenvalue weighted by Gasteiger charge is 2.38. The monoisotopic (exact) mass is 268 g/mol. The fourth-order valence-corrected chi connectivity index (χ4v) is 3.57. The third-order valence-corrected chi connectivity index (χ3v) is 4.77. The largest absolute Gasteiger partial charge is 0.326 e. The van der Waals surface area contributed by atoms with E-state index in [1.54, 1.807) is 0 Å². The molecule has 18 heavy (non-hydrogen) atoms. The van der Waals surface area contributed by atoms with Gasteiger partial charge >= 0.3 is 0 Å². The van der Waals surface area contributed by atoms with Crippen LogP contribution in [0, 0.1) is 5.92 Å². The lowest BCUT2D eigenvalue weighted by atomic mass is 10.1. The van der Waals surface area contributed by atoms with Gasteiger partial charge in [0, 0.05) is 12.6 Å². The smallest absolute Gasteiger partial charge is 0.216 e. The first kappa shape index (κ1) is 13.5. The zero-order chi connectivity index (χ0) is 13.2. The molecule has 0 amide bonds. The second-order valence-electron chi connectivity index (χ2n) is 4.91. The van der Waals surface area contributed by atoms with Crippen molar-refractivity contribution in [3.8, 4) is 0 Å². The molecule has 0 heterocycles. The van der Waals surface area contributed by atoms with Crippen LogP contribution in [0.4, 0.5) is 0 Å². The minimum atomic E-state index is -3.22. The highest BCUT2D eigenvalue weighted by molar-refractivity contribution is 7.88. The summed E-state index contributed by atoms with van der Waals surface area (Å²) in [4.78, 5) is 0. The van der Waals surface area contributed by atoms with Crippen molar-refractivity contribution >= 4 is 10.0 Å². The van der Waals surface area contributed by atoms with E-state index in [9.17, 15) is 8.42 Å². The SMILES string of the molecule is CCC1CC1NS(=O)(=O)Cc1ccc(CN)cc1. The Morgan fingerprint density at radius 3 is 2.39 bits per heavy atom. The van der Waals surface area contributed by atoms with Gasteiger partial charge in [-0.1, -0.05) is 37.6 Å². The van der Waals surface area contributed by atoms with Gasteiger partial charge in [0.2, 0.25) is 10.0 Å². The maximum atomic E-state index is 11.9. The summed E-state index contributed by atoms with van der Waals surface area (Å²) in [5.41, 5.74) is 7.31. The van der Waals surface area contributed by atoms with E-state index >= 15 is 0 Å². The Hall–Kier alpha value is -0.910. The molecule has 0 saturated heterocycles. The average Bonchev–Trinajstić information content (AvgIpc) is 3.07. The fourth-order valence-electron chi connectivity index (χ4n) is 2.11. The van der Waals surface area contributed by atoms with Crippen LogP contribution >= 0.6 is 0 Å². The first-order chi connectivity index (χ1) is 8.54. The molecule has 2 rings (SSSR count). The second kappa shape index (κ2) is 5.38. The van der Waals surface area contributed by atoms with E-state index in [1.807, 2.05) is 24.3 Å². The molecule has 1 saturated carbocycles. The Labute approximate surface area is 109 Å². The number of benzene rings is 1. The van der Waals surface area contributed by atoms with E-state index in [4.69, 9.17) is 5.73 Å². The fraction of sp³-hybridized carbons (Fsp3) is 0.538.